The van der Waals surface area contributed by atoms with E-state index in [1.165, 1.54) is 5.57 Å². The number of hydrogen-bond donors (Lipinski definition) is 4. The molecule has 0 amide bonds. The van der Waals surface area contributed by atoms with Gasteiger partial charge in [0.2, 0.25) is 0 Å². The Labute approximate surface area is 189 Å². The molecule has 0 spiro atoms. The molecular weight excluding hydrogens is 388 g/mol. The maximum absolute atomic E-state index is 11.6. The van der Waals surface area contributed by atoms with Crippen molar-refractivity contribution in [2.24, 2.45) is 34.5 Å². The average Bonchev–Trinajstić information content (AvgIpc) is 3.04. The van der Waals surface area contributed by atoms with Crippen LogP contribution in [0.25, 0.3) is 0 Å². The van der Waals surface area contributed by atoms with Gasteiger partial charge in [0.05, 0.1) is 23.4 Å². The number of rotatable bonds is 5. The van der Waals surface area contributed by atoms with E-state index in [1.54, 1.807) is 13.8 Å². The molecule has 3 fully saturated rings. The maximum atomic E-state index is 11.6. The fraction of sp³-hybridized carbons (Fsp3) is 0.926. The largest absolute Gasteiger partial charge is 0.392 e. The summed E-state index contributed by atoms with van der Waals surface area (Å²) in [7, 11) is 0. The highest BCUT2D eigenvalue weighted by molar-refractivity contribution is 5.26. The molecule has 0 aromatic heterocycles. The lowest BCUT2D eigenvalue weighted by Gasteiger charge is -2.59. The average molecular weight is 435 g/mol. The summed E-state index contributed by atoms with van der Waals surface area (Å²) in [5.74, 6) is 1.96. The molecule has 0 aromatic carbocycles. The fourth-order valence-corrected chi connectivity index (χ4v) is 8.69. The zero-order chi connectivity index (χ0) is 22.8. The maximum Gasteiger partial charge on any atom is 0.0849 e. The minimum atomic E-state index is -1.14. The van der Waals surface area contributed by atoms with Crippen molar-refractivity contribution in [3.63, 3.8) is 0 Å². The lowest BCUT2D eigenvalue weighted by Crippen LogP contribution is -2.55. The van der Waals surface area contributed by atoms with Gasteiger partial charge in [-0.3, -0.25) is 0 Å². The summed E-state index contributed by atoms with van der Waals surface area (Å²) in [6, 6.07) is 0. The van der Waals surface area contributed by atoms with Crippen molar-refractivity contribution in [2.75, 3.05) is 0 Å². The zero-order valence-corrected chi connectivity index (χ0v) is 20.4. The molecule has 178 valence electrons. The molecule has 9 atom stereocenters. The van der Waals surface area contributed by atoms with Gasteiger partial charge in [-0.15, -0.1) is 0 Å². The SMILES string of the molecule is CC(C)(O)C(O)CC[C@](C)(O)[C@H]1CC[C@H]2[C@@H]3CC=C4CCC[C@H](O)[C@]4(C)[C@H]3CC[C@@]21C. The van der Waals surface area contributed by atoms with E-state index >= 15 is 0 Å². The van der Waals surface area contributed by atoms with Gasteiger partial charge >= 0.3 is 0 Å². The summed E-state index contributed by atoms with van der Waals surface area (Å²) in [6.45, 7) is 9.96. The summed E-state index contributed by atoms with van der Waals surface area (Å²) in [5, 5.41) is 43.0. The van der Waals surface area contributed by atoms with E-state index in [1.807, 2.05) is 6.92 Å². The van der Waals surface area contributed by atoms with Gasteiger partial charge in [0, 0.05) is 5.41 Å². The lowest BCUT2D eigenvalue weighted by molar-refractivity contribution is -0.125. The topological polar surface area (TPSA) is 80.9 Å². The normalized spacial score (nSPS) is 45.7. The summed E-state index contributed by atoms with van der Waals surface area (Å²) < 4.78 is 0. The van der Waals surface area contributed by atoms with Gasteiger partial charge in [0.25, 0.3) is 0 Å². The quantitative estimate of drug-likeness (QED) is 0.477. The van der Waals surface area contributed by atoms with E-state index in [0.717, 1.165) is 51.4 Å². The molecule has 4 heteroatoms. The third-order valence-corrected chi connectivity index (χ3v) is 10.6. The van der Waals surface area contributed by atoms with Crippen LogP contribution in [0.3, 0.4) is 0 Å². The first kappa shape index (κ1) is 23.7. The molecule has 0 saturated heterocycles. The predicted molar refractivity (Wildman–Crippen MR) is 123 cm³/mol. The molecule has 4 nitrogen and oxygen atoms in total. The van der Waals surface area contributed by atoms with Gasteiger partial charge in [-0.05, 0) is 114 Å². The standard InChI is InChI=1S/C27H46O4/c1-24(2,30)22(28)14-16-26(4,31)21-12-11-19-18-10-9-17-7-6-8-23(29)27(17,5)20(18)13-15-25(19,21)3/h9,18-23,28-31H,6-8,10-16H2,1-5H3/t18-,19-,20-,21-,22?,23-,25-,26-,27-/m0/s1. The summed E-state index contributed by atoms with van der Waals surface area (Å²) in [5.41, 5.74) is -0.422. The molecule has 4 rings (SSSR count). The first-order valence-corrected chi connectivity index (χ1v) is 12.8. The molecule has 0 aliphatic heterocycles. The van der Waals surface area contributed by atoms with E-state index in [4.69, 9.17) is 0 Å². The number of fused-ring (bicyclic) bond motifs is 5. The highest BCUT2D eigenvalue weighted by Gasteiger charge is 2.62. The van der Waals surface area contributed by atoms with Crippen molar-refractivity contribution in [1.82, 2.24) is 0 Å². The lowest BCUT2D eigenvalue weighted by atomic mass is 9.46. The second-order valence-corrected chi connectivity index (χ2v) is 12.8. The highest BCUT2D eigenvalue weighted by atomic mass is 16.3. The summed E-state index contributed by atoms with van der Waals surface area (Å²) in [4.78, 5) is 0. The Kier molecular flexibility index (Phi) is 5.99. The van der Waals surface area contributed by atoms with E-state index in [2.05, 4.69) is 19.9 Å². The Morgan fingerprint density at radius 3 is 2.45 bits per heavy atom. The smallest absolute Gasteiger partial charge is 0.0849 e. The van der Waals surface area contributed by atoms with Crippen molar-refractivity contribution in [3.8, 4) is 0 Å². The molecule has 4 aliphatic carbocycles. The minimum absolute atomic E-state index is 0.0556. The number of aliphatic hydroxyl groups is 4. The van der Waals surface area contributed by atoms with Crippen LogP contribution in [0.4, 0.5) is 0 Å². The third-order valence-electron chi connectivity index (χ3n) is 10.6. The van der Waals surface area contributed by atoms with Crippen molar-refractivity contribution in [3.05, 3.63) is 11.6 Å². The second-order valence-electron chi connectivity index (χ2n) is 12.8. The van der Waals surface area contributed by atoms with Crippen LogP contribution < -0.4 is 0 Å². The van der Waals surface area contributed by atoms with Crippen molar-refractivity contribution in [1.29, 1.82) is 0 Å². The van der Waals surface area contributed by atoms with Crippen molar-refractivity contribution in [2.45, 2.75) is 122 Å². The molecule has 0 aromatic rings. The Morgan fingerprint density at radius 2 is 1.77 bits per heavy atom. The summed E-state index contributed by atoms with van der Waals surface area (Å²) in [6.07, 6.45) is 11.1. The van der Waals surface area contributed by atoms with Gasteiger partial charge in [0.1, 0.15) is 0 Å². The first-order chi connectivity index (χ1) is 14.3. The third kappa shape index (κ3) is 3.74. The Morgan fingerprint density at radius 1 is 1.06 bits per heavy atom. The van der Waals surface area contributed by atoms with Crippen LogP contribution in [0.2, 0.25) is 0 Å². The molecule has 1 unspecified atom stereocenters. The van der Waals surface area contributed by atoms with Crippen LogP contribution in [0, 0.1) is 34.5 Å². The molecule has 4 aliphatic rings. The van der Waals surface area contributed by atoms with Gasteiger partial charge < -0.3 is 20.4 Å². The van der Waals surface area contributed by atoms with Gasteiger partial charge in [-0.1, -0.05) is 25.5 Å². The Bertz CT molecular complexity index is 707. The van der Waals surface area contributed by atoms with Gasteiger partial charge in [0.15, 0.2) is 0 Å². The van der Waals surface area contributed by atoms with Gasteiger partial charge in [-0.2, -0.15) is 0 Å². The molecule has 4 N–H and O–H groups in total. The molecule has 0 bridgehead atoms. The molecule has 0 heterocycles. The van der Waals surface area contributed by atoms with E-state index in [0.29, 0.717) is 30.6 Å². The highest BCUT2D eigenvalue weighted by Crippen LogP contribution is 2.67. The predicted octanol–water partition coefficient (Wildman–Crippen LogP) is 4.59. The number of hydrogen-bond acceptors (Lipinski definition) is 4. The van der Waals surface area contributed by atoms with Crippen LogP contribution >= 0.6 is 0 Å². The molecule has 3 saturated carbocycles. The Balaban J connectivity index is 1.54. The van der Waals surface area contributed by atoms with Crippen LogP contribution in [-0.4, -0.2) is 43.8 Å². The van der Waals surface area contributed by atoms with Crippen LogP contribution in [0.1, 0.15) is 98.8 Å². The van der Waals surface area contributed by atoms with E-state index < -0.39 is 17.3 Å². The van der Waals surface area contributed by atoms with Crippen molar-refractivity contribution >= 4 is 0 Å². The van der Waals surface area contributed by atoms with E-state index in [9.17, 15) is 20.4 Å². The zero-order valence-electron chi connectivity index (χ0n) is 20.4. The monoisotopic (exact) mass is 434 g/mol. The fourth-order valence-electron chi connectivity index (χ4n) is 8.69. The minimum Gasteiger partial charge on any atom is -0.392 e. The van der Waals surface area contributed by atoms with Crippen molar-refractivity contribution < 1.29 is 20.4 Å². The molecule has 31 heavy (non-hydrogen) atoms. The number of allylic oxidation sites excluding steroid dienone is 1. The molecule has 0 radical (unpaired) electrons. The van der Waals surface area contributed by atoms with E-state index in [-0.39, 0.29) is 22.9 Å². The van der Waals surface area contributed by atoms with Crippen LogP contribution in [0.15, 0.2) is 11.6 Å². The molecular formula is C27H46O4. The first-order valence-electron chi connectivity index (χ1n) is 12.8. The second kappa shape index (κ2) is 7.82. The number of aliphatic hydroxyl groups excluding tert-OH is 2. The van der Waals surface area contributed by atoms with Gasteiger partial charge in [-0.25, -0.2) is 0 Å². The summed E-state index contributed by atoms with van der Waals surface area (Å²) >= 11 is 0. The Hall–Kier alpha value is -0.420. The van der Waals surface area contributed by atoms with Crippen LogP contribution in [-0.2, 0) is 0 Å². The van der Waals surface area contributed by atoms with Crippen LogP contribution in [0.5, 0.6) is 0 Å².